The summed E-state index contributed by atoms with van der Waals surface area (Å²) in [6, 6.07) is 12.7. The topological polar surface area (TPSA) is 161 Å². The van der Waals surface area contributed by atoms with Gasteiger partial charge in [0.15, 0.2) is 11.9 Å². The summed E-state index contributed by atoms with van der Waals surface area (Å²) in [5.74, 6) is -0.514. The Hall–Kier alpha value is -3.81. The van der Waals surface area contributed by atoms with E-state index in [4.69, 9.17) is 18.5 Å². The third kappa shape index (κ3) is 6.61. The highest BCUT2D eigenvalue weighted by Crippen LogP contribution is 2.52. The smallest absolute Gasteiger partial charge is 0.459 e. The minimum Gasteiger partial charge on any atom is -0.462 e. The average Bonchev–Trinajstić information content (AvgIpc) is 3.19. The fourth-order valence-corrected chi connectivity index (χ4v) is 6.94. The van der Waals surface area contributed by atoms with Crippen LogP contribution in [0.4, 0.5) is 10.1 Å². The van der Waals surface area contributed by atoms with Gasteiger partial charge in [0.1, 0.15) is 24.0 Å². The van der Waals surface area contributed by atoms with Gasteiger partial charge in [0, 0.05) is 42.7 Å². The Morgan fingerprint density at radius 2 is 1.93 bits per heavy atom. The van der Waals surface area contributed by atoms with E-state index in [1.54, 1.807) is 26.0 Å². The minimum atomic E-state index is -4.49. The van der Waals surface area contributed by atoms with Crippen LogP contribution in [0.15, 0.2) is 64.3 Å². The maximum absolute atomic E-state index is 15.8. The van der Waals surface area contributed by atoms with Crippen LogP contribution in [0.25, 0.3) is 11.1 Å². The number of alkyl halides is 1. The lowest BCUT2D eigenvalue weighted by atomic mass is 9.93. The summed E-state index contributed by atoms with van der Waals surface area (Å²) in [6.07, 6.45) is -4.32. The Balaban J connectivity index is 1.45. The number of hydrogen-bond acceptors (Lipinski definition) is 10. The molecule has 0 saturated carbocycles. The van der Waals surface area contributed by atoms with Gasteiger partial charge in [-0.25, -0.2) is 13.8 Å². The first-order valence-electron chi connectivity index (χ1n) is 14.4. The molecular formula is C30H36FN4O9P. The molecule has 45 heavy (non-hydrogen) atoms. The van der Waals surface area contributed by atoms with Crippen molar-refractivity contribution in [2.24, 2.45) is 0 Å². The summed E-state index contributed by atoms with van der Waals surface area (Å²) in [5, 5.41) is 13.4. The molecule has 6 unspecified atom stereocenters. The van der Waals surface area contributed by atoms with Crippen LogP contribution >= 0.6 is 7.75 Å². The Morgan fingerprint density at radius 1 is 1.20 bits per heavy atom. The number of aromatic nitrogens is 2. The van der Waals surface area contributed by atoms with Crippen molar-refractivity contribution in [3.63, 3.8) is 0 Å². The largest absolute Gasteiger partial charge is 0.462 e. The van der Waals surface area contributed by atoms with Gasteiger partial charge >= 0.3 is 19.4 Å². The molecule has 3 N–H and O–H groups in total. The number of esters is 1. The summed E-state index contributed by atoms with van der Waals surface area (Å²) < 4.78 is 53.8. The molecule has 0 aliphatic carbocycles. The van der Waals surface area contributed by atoms with E-state index in [-0.39, 0.29) is 5.75 Å². The number of H-pyrrole nitrogens is 1. The second-order valence-corrected chi connectivity index (χ2v) is 13.2. The zero-order chi connectivity index (χ0) is 32.7. The molecule has 0 radical (unpaired) electrons. The predicted octanol–water partition coefficient (Wildman–Crippen LogP) is 3.27. The van der Waals surface area contributed by atoms with Gasteiger partial charge in [-0.3, -0.25) is 23.7 Å². The van der Waals surface area contributed by atoms with Crippen molar-refractivity contribution in [3.8, 4) is 16.9 Å². The molecule has 1 fully saturated rings. The standard InChI is InChI=1S/C30H36FN4O9P/c1-17(2)42-27(38)18(3)33-45(40,44-22-12-8-9-19-15-34(5)21-11-7-6-10-20(21)25(19)22)41-16-23-26(37)30(4,31)28(43-23)35-14-13-24(36)32-29(35)39/h6-14,17-18,23,26,28,37H,15-16H2,1-5H3,(H,33,40)(H,32,36,39). The molecule has 2 aliphatic heterocycles. The first kappa shape index (κ1) is 32.6. The van der Waals surface area contributed by atoms with Gasteiger partial charge in [-0.15, -0.1) is 0 Å². The van der Waals surface area contributed by atoms with Crippen LogP contribution in [0.2, 0.25) is 0 Å². The molecule has 15 heteroatoms. The van der Waals surface area contributed by atoms with Gasteiger partial charge in [-0.1, -0.05) is 30.3 Å². The molecule has 2 aliphatic rings. The SMILES string of the molecule is CC(C)OC(=O)C(C)NP(=O)(OCC1OC(n2ccc(=O)[nH]c2=O)C(C)(F)C1O)Oc1cccc2c1-c1ccccc1N(C)C2. The Bertz CT molecular complexity index is 1740. The molecule has 242 valence electrons. The fraction of sp³-hybridized carbons (Fsp3) is 0.433. The predicted molar refractivity (Wildman–Crippen MR) is 163 cm³/mol. The zero-order valence-corrected chi connectivity index (χ0v) is 26.3. The Kier molecular flexibility index (Phi) is 9.07. The molecule has 1 aromatic heterocycles. The molecule has 1 saturated heterocycles. The molecule has 3 heterocycles. The van der Waals surface area contributed by atoms with Crippen molar-refractivity contribution in [2.75, 3.05) is 18.6 Å². The van der Waals surface area contributed by atoms with E-state index < -0.39 is 67.8 Å². The third-order valence-electron chi connectivity index (χ3n) is 7.61. The van der Waals surface area contributed by atoms with Crippen LogP contribution in [0.3, 0.4) is 0 Å². The van der Waals surface area contributed by atoms with Crippen molar-refractivity contribution >= 4 is 19.4 Å². The van der Waals surface area contributed by atoms with Crippen molar-refractivity contribution in [3.05, 3.63) is 81.1 Å². The van der Waals surface area contributed by atoms with E-state index >= 15 is 4.39 Å². The second kappa shape index (κ2) is 12.5. The zero-order valence-electron chi connectivity index (χ0n) is 25.4. The van der Waals surface area contributed by atoms with Crippen LogP contribution in [0.5, 0.6) is 5.75 Å². The van der Waals surface area contributed by atoms with E-state index in [1.165, 1.54) is 6.92 Å². The van der Waals surface area contributed by atoms with Gasteiger partial charge in [-0.2, -0.15) is 5.09 Å². The van der Waals surface area contributed by atoms with E-state index in [0.29, 0.717) is 12.1 Å². The van der Waals surface area contributed by atoms with Crippen LogP contribution in [0, 0.1) is 0 Å². The normalized spacial score (nSPS) is 24.4. The number of nitrogens with one attached hydrogen (secondary N) is 2. The van der Waals surface area contributed by atoms with Crippen molar-refractivity contribution < 1.29 is 37.4 Å². The number of benzene rings is 2. The van der Waals surface area contributed by atoms with Gasteiger partial charge in [0.2, 0.25) is 0 Å². The lowest BCUT2D eigenvalue weighted by Crippen LogP contribution is -2.43. The van der Waals surface area contributed by atoms with Gasteiger partial charge in [0.25, 0.3) is 5.56 Å². The second-order valence-electron chi connectivity index (χ2n) is 11.5. The van der Waals surface area contributed by atoms with Gasteiger partial charge in [-0.05, 0) is 45.4 Å². The monoisotopic (exact) mass is 646 g/mol. The molecule has 0 amide bonds. The lowest BCUT2D eigenvalue weighted by molar-refractivity contribution is -0.149. The van der Waals surface area contributed by atoms with E-state index in [0.717, 1.165) is 40.6 Å². The number of para-hydroxylation sites is 1. The highest BCUT2D eigenvalue weighted by atomic mass is 31.2. The number of aliphatic hydroxyl groups is 1. The van der Waals surface area contributed by atoms with Crippen molar-refractivity contribution in [1.82, 2.24) is 14.6 Å². The quantitative estimate of drug-likeness (QED) is 0.219. The highest BCUT2D eigenvalue weighted by Gasteiger charge is 2.56. The van der Waals surface area contributed by atoms with Crippen molar-refractivity contribution in [2.45, 2.75) is 70.5 Å². The number of halogens is 1. The highest BCUT2D eigenvalue weighted by molar-refractivity contribution is 7.52. The Labute approximate surface area is 258 Å². The lowest BCUT2D eigenvalue weighted by Gasteiger charge is -2.32. The van der Waals surface area contributed by atoms with E-state index in [2.05, 4.69) is 9.99 Å². The molecule has 5 rings (SSSR count). The van der Waals surface area contributed by atoms with E-state index in [1.807, 2.05) is 42.4 Å². The number of nitrogens with zero attached hydrogens (tertiary/aromatic N) is 2. The summed E-state index contributed by atoms with van der Waals surface area (Å²) in [6.45, 7) is 5.66. The summed E-state index contributed by atoms with van der Waals surface area (Å²) >= 11 is 0. The molecule has 0 spiro atoms. The molecule has 13 nitrogen and oxygen atoms in total. The number of fused-ring (bicyclic) bond motifs is 3. The summed E-state index contributed by atoms with van der Waals surface area (Å²) in [4.78, 5) is 40.6. The molecular weight excluding hydrogens is 610 g/mol. The first-order chi connectivity index (χ1) is 21.2. The molecule has 2 aromatic carbocycles. The molecule has 0 bridgehead atoms. The fourth-order valence-electron chi connectivity index (χ4n) is 5.43. The molecule has 6 atom stereocenters. The van der Waals surface area contributed by atoms with Gasteiger partial charge in [0.05, 0.1) is 12.7 Å². The average molecular weight is 647 g/mol. The number of carbonyl (C=O) groups excluding carboxylic acids is 1. The Morgan fingerprint density at radius 3 is 2.64 bits per heavy atom. The van der Waals surface area contributed by atoms with Crippen LogP contribution in [0.1, 0.15) is 39.5 Å². The van der Waals surface area contributed by atoms with E-state index in [9.17, 15) is 24.1 Å². The number of ether oxygens (including phenoxy) is 2. The number of aromatic amines is 1. The van der Waals surface area contributed by atoms with Crippen LogP contribution in [-0.2, 0) is 29.9 Å². The van der Waals surface area contributed by atoms with Gasteiger partial charge < -0.3 is 24.0 Å². The first-order valence-corrected chi connectivity index (χ1v) is 15.9. The van der Waals surface area contributed by atoms with Crippen molar-refractivity contribution in [1.29, 1.82) is 0 Å². The number of anilines is 1. The number of aliphatic hydroxyl groups excluding tert-OH is 1. The third-order valence-corrected chi connectivity index (χ3v) is 9.24. The summed E-state index contributed by atoms with van der Waals surface area (Å²) in [5.41, 5.74) is -0.833. The van der Waals surface area contributed by atoms with Crippen LogP contribution in [-0.4, -0.2) is 64.3 Å². The maximum Gasteiger partial charge on any atom is 0.459 e. The summed E-state index contributed by atoms with van der Waals surface area (Å²) in [7, 11) is -2.54. The number of carbonyl (C=O) groups is 1. The number of rotatable bonds is 10. The molecule has 3 aromatic rings. The maximum atomic E-state index is 15.8. The number of hydrogen-bond donors (Lipinski definition) is 3. The minimum absolute atomic E-state index is 0.203. The van der Waals surface area contributed by atoms with Crippen LogP contribution < -0.4 is 25.8 Å².